The van der Waals surface area contributed by atoms with Gasteiger partial charge < -0.3 is 4.90 Å². The molecule has 0 N–H and O–H groups in total. The van der Waals surface area contributed by atoms with Crippen LogP contribution in [0.3, 0.4) is 0 Å². The quantitative estimate of drug-likeness (QED) is 0.745. The van der Waals surface area contributed by atoms with E-state index in [4.69, 9.17) is 0 Å². The number of para-hydroxylation sites is 1. The van der Waals surface area contributed by atoms with Crippen molar-refractivity contribution in [2.45, 2.75) is 19.9 Å². The maximum Gasteiger partial charge on any atom is 0.101 e. The van der Waals surface area contributed by atoms with Crippen LogP contribution in [0, 0.1) is 18.3 Å². The third-order valence-corrected chi connectivity index (χ3v) is 4.20. The maximum atomic E-state index is 9.18. The summed E-state index contributed by atoms with van der Waals surface area (Å²) in [7, 11) is 0. The van der Waals surface area contributed by atoms with Gasteiger partial charge in [-0.1, -0.05) is 12.1 Å². The van der Waals surface area contributed by atoms with Crippen molar-refractivity contribution in [2.24, 2.45) is 0 Å². The van der Waals surface area contributed by atoms with Crippen molar-refractivity contribution in [2.75, 3.05) is 23.0 Å². The van der Waals surface area contributed by atoms with Gasteiger partial charge in [0.1, 0.15) is 6.07 Å². The van der Waals surface area contributed by atoms with Crippen LogP contribution in [0.5, 0.6) is 0 Å². The molecular formula is C13H16N2S. The van der Waals surface area contributed by atoms with Gasteiger partial charge in [-0.2, -0.15) is 17.0 Å². The summed E-state index contributed by atoms with van der Waals surface area (Å²) >= 11 is 2.00. The van der Waals surface area contributed by atoms with Gasteiger partial charge in [-0.25, -0.2) is 0 Å². The van der Waals surface area contributed by atoms with E-state index in [0.717, 1.165) is 29.3 Å². The third-order valence-electron chi connectivity index (χ3n) is 3.01. The first kappa shape index (κ1) is 11.3. The molecule has 1 aromatic rings. The van der Waals surface area contributed by atoms with Crippen LogP contribution in [0.1, 0.15) is 18.1 Å². The Morgan fingerprint density at radius 3 is 3.00 bits per heavy atom. The lowest BCUT2D eigenvalue weighted by atomic mass is 10.1. The van der Waals surface area contributed by atoms with Gasteiger partial charge in [-0.15, -0.1) is 0 Å². The molecule has 1 aliphatic heterocycles. The van der Waals surface area contributed by atoms with Crippen LogP contribution >= 0.6 is 11.8 Å². The monoisotopic (exact) mass is 232 g/mol. The Balaban J connectivity index is 2.42. The second-order valence-electron chi connectivity index (χ2n) is 4.20. The van der Waals surface area contributed by atoms with Crippen molar-refractivity contribution in [3.05, 3.63) is 29.3 Å². The fourth-order valence-corrected chi connectivity index (χ4v) is 3.20. The summed E-state index contributed by atoms with van der Waals surface area (Å²) in [5.74, 6) is 2.31. The predicted molar refractivity (Wildman–Crippen MR) is 70.0 cm³/mol. The van der Waals surface area contributed by atoms with Gasteiger partial charge >= 0.3 is 0 Å². The highest BCUT2D eigenvalue weighted by Crippen LogP contribution is 2.29. The van der Waals surface area contributed by atoms with E-state index in [9.17, 15) is 5.26 Å². The molecule has 0 saturated carbocycles. The molecule has 1 saturated heterocycles. The van der Waals surface area contributed by atoms with Crippen LogP contribution in [0.4, 0.5) is 5.69 Å². The molecule has 16 heavy (non-hydrogen) atoms. The van der Waals surface area contributed by atoms with Gasteiger partial charge in [0.2, 0.25) is 0 Å². The molecule has 1 aromatic carbocycles. The minimum absolute atomic E-state index is 0.520. The molecule has 0 spiro atoms. The van der Waals surface area contributed by atoms with Crippen LogP contribution in [-0.4, -0.2) is 24.1 Å². The number of rotatable bonds is 1. The summed E-state index contributed by atoms with van der Waals surface area (Å²) in [6, 6.07) is 8.79. The zero-order valence-electron chi connectivity index (χ0n) is 9.73. The highest BCUT2D eigenvalue weighted by Gasteiger charge is 2.22. The predicted octanol–water partition coefficient (Wildman–Crippen LogP) is 2.81. The Labute approximate surface area is 101 Å². The van der Waals surface area contributed by atoms with Gasteiger partial charge in [0.15, 0.2) is 0 Å². The van der Waals surface area contributed by atoms with E-state index in [1.54, 1.807) is 0 Å². The molecule has 0 aliphatic carbocycles. The molecule has 3 heteroatoms. The summed E-state index contributed by atoms with van der Waals surface area (Å²) in [5, 5.41) is 9.18. The highest BCUT2D eigenvalue weighted by molar-refractivity contribution is 7.99. The number of anilines is 1. The first-order valence-electron chi connectivity index (χ1n) is 5.58. The van der Waals surface area contributed by atoms with Crippen molar-refractivity contribution in [3.8, 4) is 6.07 Å². The molecule has 1 fully saturated rings. The average Bonchev–Trinajstić information content (AvgIpc) is 2.30. The molecule has 1 atom stereocenters. The highest BCUT2D eigenvalue weighted by atomic mass is 32.2. The summed E-state index contributed by atoms with van der Waals surface area (Å²) < 4.78 is 0. The van der Waals surface area contributed by atoms with Crippen LogP contribution in [0.2, 0.25) is 0 Å². The normalized spacial score (nSPS) is 20.6. The van der Waals surface area contributed by atoms with Gasteiger partial charge in [0, 0.05) is 24.1 Å². The van der Waals surface area contributed by atoms with Crippen molar-refractivity contribution in [3.63, 3.8) is 0 Å². The lowest BCUT2D eigenvalue weighted by Crippen LogP contribution is -2.41. The Morgan fingerprint density at radius 1 is 1.50 bits per heavy atom. The van der Waals surface area contributed by atoms with E-state index >= 15 is 0 Å². The number of thioether (sulfide) groups is 1. The number of benzene rings is 1. The van der Waals surface area contributed by atoms with Crippen molar-refractivity contribution < 1.29 is 0 Å². The molecule has 2 nitrogen and oxygen atoms in total. The lowest BCUT2D eigenvalue weighted by molar-refractivity contribution is 0.697. The summed E-state index contributed by atoms with van der Waals surface area (Å²) in [6.45, 7) is 5.37. The minimum Gasteiger partial charge on any atom is -0.366 e. The summed E-state index contributed by atoms with van der Waals surface area (Å²) in [5.41, 5.74) is 3.15. The number of aryl methyl sites for hydroxylation is 1. The Morgan fingerprint density at radius 2 is 2.31 bits per heavy atom. The zero-order valence-corrected chi connectivity index (χ0v) is 10.5. The van der Waals surface area contributed by atoms with Gasteiger partial charge in [-0.3, -0.25) is 0 Å². The Kier molecular flexibility index (Phi) is 3.40. The molecule has 1 aliphatic rings. The number of nitriles is 1. The SMILES string of the molecule is Cc1cccc(C#N)c1N1CCSCC1C. The van der Waals surface area contributed by atoms with E-state index in [1.807, 2.05) is 23.9 Å². The topological polar surface area (TPSA) is 27.0 Å². The standard InChI is InChI=1S/C13H16N2S/c1-10-4-3-5-12(8-14)13(10)15-6-7-16-9-11(15)2/h3-5,11H,6-7,9H2,1-2H3. The van der Waals surface area contributed by atoms with Crippen LogP contribution < -0.4 is 4.90 Å². The van der Waals surface area contributed by atoms with E-state index in [2.05, 4.69) is 30.9 Å². The summed E-state index contributed by atoms with van der Waals surface area (Å²) in [4.78, 5) is 2.38. The maximum absolute atomic E-state index is 9.18. The fraction of sp³-hybridized carbons (Fsp3) is 0.462. The number of hydrogen-bond donors (Lipinski definition) is 0. The molecule has 0 amide bonds. The van der Waals surface area contributed by atoms with E-state index in [1.165, 1.54) is 5.56 Å². The molecule has 0 bridgehead atoms. The molecule has 0 aromatic heterocycles. The first-order valence-corrected chi connectivity index (χ1v) is 6.73. The van der Waals surface area contributed by atoms with Gasteiger partial charge in [-0.05, 0) is 25.5 Å². The fourth-order valence-electron chi connectivity index (χ4n) is 2.19. The van der Waals surface area contributed by atoms with Crippen LogP contribution in [0.25, 0.3) is 0 Å². The smallest absolute Gasteiger partial charge is 0.101 e. The van der Waals surface area contributed by atoms with E-state index < -0.39 is 0 Å². The van der Waals surface area contributed by atoms with Crippen LogP contribution in [0.15, 0.2) is 18.2 Å². The van der Waals surface area contributed by atoms with E-state index in [0.29, 0.717) is 6.04 Å². The molecule has 84 valence electrons. The molecule has 1 heterocycles. The van der Waals surface area contributed by atoms with Gasteiger partial charge in [0.05, 0.1) is 11.3 Å². The number of hydrogen-bond acceptors (Lipinski definition) is 3. The molecular weight excluding hydrogens is 216 g/mol. The second kappa shape index (κ2) is 4.80. The Bertz CT molecular complexity index is 422. The largest absolute Gasteiger partial charge is 0.366 e. The lowest BCUT2D eigenvalue weighted by Gasteiger charge is -2.36. The van der Waals surface area contributed by atoms with Crippen molar-refractivity contribution >= 4 is 17.4 Å². The molecule has 2 rings (SSSR count). The van der Waals surface area contributed by atoms with Crippen molar-refractivity contribution in [1.82, 2.24) is 0 Å². The van der Waals surface area contributed by atoms with Crippen molar-refractivity contribution in [1.29, 1.82) is 5.26 Å². The molecule has 0 radical (unpaired) electrons. The Hall–Kier alpha value is -1.14. The second-order valence-corrected chi connectivity index (χ2v) is 5.35. The first-order chi connectivity index (χ1) is 7.74. The molecule has 1 unspecified atom stereocenters. The zero-order chi connectivity index (χ0) is 11.5. The van der Waals surface area contributed by atoms with Crippen LogP contribution in [-0.2, 0) is 0 Å². The van der Waals surface area contributed by atoms with Gasteiger partial charge in [0.25, 0.3) is 0 Å². The third kappa shape index (κ3) is 2.03. The van der Waals surface area contributed by atoms with E-state index in [-0.39, 0.29) is 0 Å². The number of nitrogens with zero attached hydrogens (tertiary/aromatic N) is 2. The minimum atomic E-state index is 0.520. The average molecular weight is 232 g/mol. The summed E-state index contributed by atoms with van der Waals surface area (Å²) in [6.07, 6.45) is 0.